The summed E-state index contributed by atoms with van der Waals surface area (Å²) < 4.78 is 0.939. The maximum atomic E-state index is 11.9. The molecule has 0 bridgehead atoms. The quantitative estimate of drug-likeness (QED) is 0.817. The smallest absolute Gasteiger partial charge is 0.243 e. The van der Waals surface area contributed by atoms with Crippen LogP contribution < -0.4 is 10.6 Å². The van der Waals surface area contributed by atoms with E-state index in [9.17, 15) is 4.79 Å². The number of carbonyl (C=O) groups excluding carboxylic acids is 1. The third-order valence-electron chi connectivity index (χ3n) is 3.02. The number of carbonyl (C=O) groups is 1. The molecular formula is C16H16BrClN2O. The lowest BCUT2D eigenvalue weighted by atomic mass is 10.2. The zero-order valence-electron chi connectivity index (χ0n) is 11.8. The van der Waals surface area contributed by atoms with Crippen LogP contribution in [0.25, 0.3) is 0 Å². The van der Waals surface area contributed by atoms with Crippen LogP contribution >= 0.6 is 27.5 Å². The van der Waals surface area contributed by atoms with Crippen LogP contribution in [0.1, 0.15) is 11.1 Å². The first-order valence-corrected chi connectivity index (χ1v) is 7.69. The van der Waals surface area contributed by atoms with Gasteiger partial charge in [0.1, 0.15) is 0 Å². The molecule has 21 heavy (non-hydrogen) atoms. The topological polar surface area (TPSA) is 41.1 Å². The van der Waals surface area contributed by atoms with Gasteiger partial charge in [0.25, 0.3) is 0 Å². The molecule has 0 fully saturated rings. The summed E-state index contributed by atoms with van der Waals surface area (Å²) in [4.78, 5) is 11.9. The molecule has 5 heteroatoms. The molecule has 0 saturated heterocycles. The first-order valence-electron chi connectivity index (χ1n) is 6.52. The van der Waals surface area contributed by atoms with Gasteiger partial charge in [-0.1, -0.05) is 23.7 Å². The largest absolute Gasteiger partial charge is 0.375 e. The van der Waals surface area contributed by atoms with Gasteiger partial charge in [-0.15, -0.1) is 0 Å². The van der Waals surface area contributed by atoms with Crippen LogP contribution in [-0.4, -0.2) is 12.5 Å². The molecule has 0 radical (unpaired) electrons. The number of rotatable bonds is 4. The van der Waals surface area contributed by atoms with Crippen molar-refractivity contribution < 1.29 is 4.79 Å². The SMILES string of the molecule is Cc1ccc(NCC(=O)Nc2ccc(C)c(Cl)c2)c(Br)c1. The maximum Gasteiger partial charge on any atom is 0.243 e. The van der Waals surface area contributed by atoms with Gasteiger partial charge in [0, 0.05) is 20.9 Å². The molecule has 3 nitrogen and oxygen atoms in total. The van der Waals surface area contributed by atoms with E-state index in [-0.39, 0.29) is 12.5 Å². The number of benzene rings is 2. The lowest BCUT2D eigenvalue weighted by Crippen LogP contribution is -2.21. The number of aryl methyl sites for hydroxylation is 2. The Morgan fingerprint density at radius 3 is 2.62 bits per heavy atom. The molecule has 0 aliphatic carbocycles. The number of amides is 1. The molecule has 0 aliphatic rings. The van der Waals surface area contributed by atoms with E-state index in [2.05, 4.69) is 26.6 Å². The van der Waals surface area contributed by atoms with E-state index in [0.29, 0.717) is 10.7 Å². The minimum atomic E-state index is -0.123. The predicted octanol–water partition coefficient (Wildman–Crippen LogP) is 4.77. The Balaban J connectivity index is 1.94. The van der Waals surface area contributed by atoms with E-state index in [4.69, 9.17) is 11.6 Å². The van der Waals surface area contributed by atoms with Gasteiger partial charge in [0.15, 0.2) is 0 Å². The molecule has 0 heterocycles. The van der Waals surface area contributed by atoms with Crippen LogP contribution in [0.4, 0.5) is 11.4 Å². The highest BCUT2D eigenvalue weighted by atomic mass is 79.9. The van der Waals surface area contributed by atoms with E-state index in [0.717, 1.165) is 21.3 Å². The average molecular weight is 368 g/mol. The summed E-state index contributed by atoms with van der Waals surface area (Å²) in [7, 11) is 0. The standard InChI is InChI=1S/C16H16BrClN2O/c1-10-3-6-15(13(17)7-10)19-9-16(21)20-12-5-4-11(2)14(18)8-12/h3-8,19H,9H2,1-2H3,(H,20,21). The molecule has 2 N–H and O–H groups in total. The van der Waals surface area contributed by atoms with E-state index in [1.54, 1.807) is 6.07 Å². The van der Waals surface area contributed by atoms with Gasteiger partial charge in [0.2, 0.25) is 5.91 Å². The lowest BCUT2D eigenvalue weighted by Gasteiger charge is -2.10. The van der Waals surface area contributed by atoms with E-state index in [1.807, 2.05) is 44.2 Å². The molecule has 1 amide bonds. The summed E-state index contributed by atoms with van der Waals surface area (Å²) in [5.41, 5.74) is 3.72. The third-order valence-corrected chi connectivity index (χ3v) is 4.08. The average Bonchev–Trinajstić information content (AvgIpc) is 2.42. The molecule has 2 aromatic rings. The Labute approximate surface area is 137 Å². The van der Waals surface area contributed by atoms with Crippen molar-refractivity contribution >= 4 is 44.8 Å². The fourth-order valence-corrected chi connectivity index (χ4v) is 2.63. The van der Waals surface area contributed by atoms with Crippen LogP contribution in [0, 0.1) is 13.8 Å². The first kappa shape index (κ1) is 15.9. The number of hydrogen-bond acceptors (Lipinski definition) is 2. The van der Waals surface area contributed by atoms with Crippen molar-refractivity contribution in [3.8, 4) is 0 Å². The monoisotopic (exact) mass is 366 g/mol. The fraction of sp³-hybridized carbons (Fsp3) is 0.188. The molecule has 0 spiro atoms. The van der Waals surface area contributed by atoms with Crippen LogP contribution in [0.5, 0.6) is 0 Å². The molecule has 0 aromatic heterocycles. The van der Waals surface area contributed by atoms with E-state index >= 15 is 0 Å². The lowest BCUT2D eigenvalue weighted by molar-refractivity contribution is -0.114. The summed E-state index contributed by atoms with van der Waals surface area (Å²) in [6, 6.07) is 11.4. The number of hydrogen-bond donors (Lipinski definition) is 2. The van der Waals surface area contributed by atoms with Gasteiger partial charge in [0.05, 0.1) is 6.54 Å². The van der Waals surface area contributed by atoms with Crippen molar-refractivity contribution in [2.24, 2.45) is 0 Å². The second-order valence-electron chi connectivity index (χ2n) is 4.85. The van der Waals surface area contributed by atoms with Crippen molar-refractivity contribution in [3.63, 3.8) is 0 Å². The molecule has 110 valence electrons. The van der Waals surface area contributed by atoms with Crippen LogP contribution in [0.2, 0.25) is 5.02 Å². The summed E-state index contributed by atoms with van der Waals surface area (Å²) in [6.07, 6.45) is 0. The molecule has 0 unspecified atom stereocenters. The molecule has 0 saturated carbocycles. The normalized spacial score (nSPS) is 10.3. The van der Waals surface area contributed by atoms with Gasteiger partial charge in [-0.3, -0.25) is 4.79 Å². The zero-order chi connectivity index (χ0) is 15.4. The van der Waals surface area contributed by atoms with Crippen LogP contribution in [-0.2, 0) is 4.79 Å². The summed E-state index contributed by atoms with van der Waals surface area (Å²) in [6.45, 7) is 4.12. The maximum absolute atomic E-state index is 11.9. The third kappa shape index (κ3) is 4.48. The highest BCUT2D eigenvalue weighted by Crippen LogP contribution is 2.23. The molecule has 0 aliphatic heterocycles. The number of halogens is 2. The number of nitrogens with one attached hydrogen (secondary N) is 2. The Hall–Kier alpha value is -1.52. The summed E-state index contributed by atoms with van der Waals surface area (Å²) in [5, 5.41) is 6.54. The Bertz CT molecular complexity index is 673. The summed E-state index contributed by atoms with van der Waals surface area (Å²) in [5.74, 6) is -0.123. The van der Waals surface area contributed by atoms with Crippen molar-refractivity contribution in [2.45, 2.75) is 13.8 Å². The second-order valence-corrected chi connectivity index (χ2v) is 6.11. The van der Waals surface area contributed by atoms with Crippen molar-refractivity contribution in [3.05, 3.63) is 57.0 Å². The van der Waals surface area contributed by atoms with Gasteiger partial charge in [-0.2, -0.15) is 0 Å². The van der Waals surface area contributed by atoms with Crippen LogP contribution in [0.3, 0.4) is 0 Å². The van der Waals surface area contributed by atoms with E-state index in [1.165, 1.54) is 0 Å². The Kier molecular flexibility index (Phi) is 5.26. The number of anilines is 2. The Morgan fingerprint density at radius 1 is 1.19 bits per heavy atom. The van der Waals surface area contributed by atoms with Gasteiger partial charge >= 0.3 is 0 Å². The molecule has 0 atom stereocenters. The fourth-order valence-electron chi connectivity index (χ4n) is 1.81. The first-order chi connectivity index (χ1) is 9.95. The summed E-state index contributed by atoms with van der Waals surface area (Å²) >= 11 is 9.50. The molecule has 2 rings (SSSR count). The van der Waals surface area contributed by atoms with Gasteiger partial charge in [-0.05, 0) is 65.2 Å². The van der Waals surface area contributed by atoms with Crippen molar-refractivity contribution in [1.82, 2.24) is 0 Å². The highest BCUT2D eigenvalue weighted by molar-refractivity contribution is 9.10. The Morgan fingerprint density at radius 2 is 1.95 bits per heavy atom. The second kappa shape index (κ2) is 6.96. The van der Waals surface area contributed by atoms with Crippen LogP contribution in [0.15, 0.2) is 40.9 Å². The molecular weight excluding hydrogens is 352 g/mol. The zero-order valence-corrected chi connectivity index (χ0v) is 14.2. The van der Waals surface area contributed by atoms with Gasteiger partial charge in [-0.25, -0.2) is 0 Å². The molecule has 2 aromatic carbocycles. The highest BCUT2D eigenvalue weighted by Gasteiger charge is 2.05. The van der Waals surface area contributed by atoms with E-state index < -0.39 is 0 Å². The minimum Gasteiger partial charge on any atom is -0.375 e. The predicted molar refractivity (Wildman–Crippen MR) is 92.2 cm³/mol. The van der Waals surface area contributed by atoms with Crippen molar-refractivity contribution in [2.75, 3.05) is 17.2 Å². The van der Waals surface area contributed by atoms with Crippen molar-refractivity contribution in [1.29, 1.82) is 0 Å². The van der Waals surface area contributed by atoms with Gasteiger partial charge < -0.3 is 10.6 Å². The minimum absolute atomic E-state index is 0.123.